The number of nitrogens with zero attached hydrogens (tertiary/aromatic N) is 6. The number of Topliss-reactive ketones (excluding diaryl/α,β-unsaturated/α-hetero) is 1. The molecule has 4 rings (SSSR count). The van der Waals surface area contributed by atoms with Crippen LogP contribution in [0.3, 0.4) is 0 Å². The van der Waals surface area contributed by atoms with Gasteiger partial charge in [-0.15, -0.1) is 0 Å². The maximum Gasteiger partial charge on any atom is 0.184 e. The van der Waals surface area contributed by atoms with Gasteiger partial charge in [0.1, 0.15) is 23.6 Å². The number of anilines is 4. The lowest BCUT2D eigenvalue weighted by atomic mass is 10.1. The standard InChI is InChI=1S/C30H37FN8O2/c1-8-25(40)22-16-33-27(36-26-13-12-20(15-32-26)19(2)34-17-30(3,4)31)14-24(22)39(6)23-11-9-10-21(28(23)41-7)29-35-18-38(5)37-29/h9-16,18-19,34H,8,17H2,1-7H3,(H,32,33,36). The molecule has 0 saturated heterocycles. The van der Waals surface area contributed by atoms with E-state index in [4.69, 9.17) is 4.74 Å². The third kappa shape index (κ3) is 7.04. The fourth-order valence-electron chi connectivity index (χ4n) is 4.35. The normalized spacial score (nSPS) is 12.2. The molecule has 216 valence electrons. The van der Waals surface area contributed by atoms with Gasteiger partial charge in [0.2, 0.25) is 0 Å². The summed E-state index contributed by atoms with van der Waals surface area (Å²) in [7, 11) is 5.28. The number of carbonyl (C=O) groups excluding carboxylic acids is 1. The van der Waals surface area contributed by atoms with E-state index in [2.05, 4.69) is 30.7 Å². The summed E-state index contributed by atoms with van der Waals surface area (Å²) in [4.78, 5) is 28.2. The Balaban J connectivity index is 1.64. The molecule has 0 radical (unpaired) electrons. The van der Waals surface area contributed by atoms with Crippen LogP contribution in [0, 0.1) is 0 Å². The van der Waals surface area contributed by atoms with Crippen molar-refractivity contribution in [2.24, 2.45) is 7.05 Å². The molecule has 0 amide bonds. The second-order valence-corrected chi connectivity index (χ2v) is 10.4. The maximum atomic E-state index is 13.9. The number of benzene rings is 1. The van der Waals surface area contributed by atoms with Crippen molar-refractivity contribution in [1.29, 1.82) is 0 Å². The van der Waals surface area contributed by atoms with Gasteiger partial charge in [-0.05, 0) is 44.5 Å². The number of aromatic nitrogens is 5. The Morgan fingerprint density at radius 2 is 1.88 bits per heavy atom. The average molecular weight is 561 g/mol. The molecule has 4 aromatic rings. The van der Waals surface area contributed by atoms with Crippen LogP contribution in [0.15, 0.2) is 55.1 Å². The quantitative estimate of drug-likeness (QED) is 0.208. The van der Waals surface area contributed by atoms with Gasteiger partial charge in [0.25, 0.3) is 0 Å². The fourth-order valence-corrected chi connectivity index (χ4v) is 4.35. The highest BCUT2D eigenvalue weighted by Crippen LogP contribution is 2.40. The second-order valence-electron chi connectivity index (χ2n) is 10.4. The van der Waals surface area contributed by atoms with Gasteiger partial charge >= 0.3 is 0 Å². The Labute approximate surface area is 240 Å². The fraction of sp³-hybridized carbons (Fsp3) is 0.367. The SMILES string of the molecule is CCC(=O)c1cnc(Nc2ccc(C(C)NCC(C)(C)F)cn2)cc1N(C)c1cccc(-c2ncn(C)n2)c1OC. The van der Waals surface area contributed by atoms with Crippen molar-refractivity contribution in [3.05, 3.63) is 66.2 Å². The molecule has 0 aliphatic heterocycles. The second kappa shape index (κ2) is 12.4. The van der Waals surface area contributed by atoms with Crippen LogP contribution in [0.4, 0.5) is 27.4 Å². The summed E-state index contributed by atoms with van der Waals surface area (Å²) >= 11 is 0. The first-order valence-corrected chi connectivity index (χ1v) is 13.5. The molecule has 3 aromatic heterocycles. The molecule has 2 N–H and O–H groups in total. The van der Waals surface area contributed by atoms with Crippen LogP contribution >= 0.6 is 0 Å². The van der Waals surface area contributed by atoms with E-state index in [0.717, 1.165) is 16.8 Å². The van der Waals surface area contributed by atoms with E-state index in [9.17, 15) is 9.18 Å². The van der Waals surface area contributed by atoms with Gasteiger partial charge in [-0.25, -0.2) is 19.3 Å². The van der Waals surface area contributed by atoms with Crippen LogP contribution in [-0.4, -0.2) is 56.9 Å². The van der Waals surface area contributed by atoms with Gasteiger partial charge in [0, 0.05) is 51.6 Å². The molecule has 1 unspecified atom stereocenters. The zero-order valence-electron chi connectivity index (χ0n) is 24.6. The average Bonchev–Trinajstić information content (AvgIpc) is 3.40. The van der Waals surface area contributed by atoms with Crippen LogP contribution < -0.4 is 20.3 Å². The van der Waals surface area contributed by atoms with Crippen molar-refractivity contribution < 1.29 is 13.9 Å². The van der Waals surface area contributed by atoms with Crippen LogP contribution in [0.25, 0.3) is 11.4 Å². The molecule has 41 heavy (non-hydrogen) atoms. The molecule has 1 atom stereocenters. The number of hydrogen-bond donors (Lipinski definition) is 2. The molecule has 0 saturated carbocycles. The molecule has 1 aromatic carbocycles. The van der Waals surface area contributed by atoms with E-state index < -0.39 is 5.67 Å². The lowest BCUT2D eigenvalue weighted by Gasteiger charge is -2.25. The summed E-state index contributed by atoms with van der Waals surface area (Å²) in [5.41, 5.74) is 2.25. The number of para-hydroxylation sites is 1. The van der Waals surface area contributed by atoms with E-state index in [-0.39, 0.29) is 18.4 Å². The topological polar surface area (TPSA) is 110 Å². The highest BCUT2D eigenvalue weighted by molar-refractivity contribution is 6.02. The van der Waals surface area contributed by atoms with Crippen molar-refractivity contribution in [3.8, 4) is 17.1 Å². The minimum absolute atomic E-state index is 0.0344. The van der Waals surface area contributed by atoms with Crippen molar-refractivity contribution >= 4 is 28.8 Å². The van der Waals surface area contributed by atoms with Gasteiger partial charge in [0.15, 0.2) is 17.4 Å². The van der Waals surface area contributed by atoms with Gasteiger partial charge in [0.05, 0.1) is 29.6 Å². The highest BCUT2D eigenvalue weighted by Gasteiger charge is 2.22. The number of carbonyl (C=O) groups is 1. The smallest absolute Gasteiger partial charge is 0.184 e. The van der Waals surface area contributed by atoms with Crippen LogP contribution in [0.2, 0.25) is 0 Å². The summed E-state index contributed by atoms with van der Waals surface area (Å²) in [6.07, 6.45) is 5.29. The molecule has 0 aliphatic carbocycles. The number of ketones is 1. The van der Waals surface area contributed by atoms with Crippen molar-refractivity contribution in [2.45, 2.75) is 45.8 Å². The van der Waals surface area contributed by atoms with E-state index in [0.29, 0.717) is 40.9 Å². The summed E-state index contributed by atoms with van der Waals surface area (Å²) in [5, 5.41) is 10.8. The number of rotatable bonds is 12. The van der Waals surface area contributed by atoms with Crippen molar-refractivity contribution in [3.63, 3.8) is 0 Å². The third-order valence-electron chi connectivity index (χ3n) is 6.64. The predicted octanol–water partition coefficient (Wildman–Crippen LogP) is 5.78. The van der Waals surface area contributed by atoms with Crippen molar-refractivity contribution in [2.75, 3.05) is 30.9 Å². The molecular weight excluding hydrogens is 523 g/mol. The van der Waals surface area contributed by atoms with Crippen LogP contribution in [0.1, 0.15) is 56.1 Å². The Hall–Kier alpha value is -4.38. The number of aryl methyl sites for hydroxylation is 1. The molecule has 0 aliphatic rings. The third-order valence-corrected chi connectivity index (χ3v) is 6.64. The Morgan fingerprint density at radius 3 is 2.49 bits per heavy atom. The Kier molecular flexibility index (Phi) is 8.97. The maximum absolute atomic E-state index is 13.9. The molecule has 0 fully saturated rings. The molecule has 11 heteroatoms. The Morgan fingerprint density at radius 1 is 1.12 bits per heavy atom. The molecule has 3 heterocycles. The number of methoxy groups -OCH3 is 1. The zero-order chi connectivity index (χ0) is 29.7. The Bertz CT molecular complexity index is 1500. The number of alkyl halides is 1. The van der Waals surface area contributed by atoms with Gasteiger partial charge < -0.3 is 20.3 Å². The first-order valence-electron chi connectivity index (χ1n) is 13.5. The van der Waals surface area contributed by atoms with E-state index >= 15 is 0 Å². The zero-order valence-corrected chi connectivity index (χ0v) is 24.6. The summed E-state index contributed by atoms with van der Waals surface area (Å²) in [5.74, 6) is 2.19. The number of halogens is 1. The van der Waals surface area contributed by atoms with Gasteiger partial charge in [-0.1, -0.05) is 19.1 Å². The number of pyridine rings is 2. The molecule has 10 nitrogen and oxygen atoms in total. The van der Waals surface area contributed by atoms with E-state index in [1.165, 1.54) is 0 Å². The minimum Gasteiger partial charge on any atom is -0.494 e. The van der Waals surface area contributed by atoms with Crippen LogP contribution in [-0.2, 0) is 7.05 Å². The van der Waals surface area contributed by atoms with Crippen molar-refractivity contribution in [1.82, 2.24) is 30.0 Å². The number of ether oxygens (including phenoxy) is 1. The van der Waals surface area contributed by atoms with Gasteiger partial charge in [-0.3, -0.25) is 9.48 Å². The highest BCUT2D eigenvalue weighted by atomic mass is 19.1. The summed E-state index contributed by atoms with van der Waals surface area (Å²) < 4.78 is 21.3. The minimum atomic E-state index is -1.30. The van der Waals surface area contributed by atoms with Gasteiger partial charge in [-0.2, -0.15) is 5.10 Å². The largest absolute Gasteiger partial charge is 0.494 e. The number of hydrogen-bond acceptors (Lipinski definition) is 9. The first-order chi connectivity index (χ1) is 19.5. The molecular formula is C30H37FN8O2. The number of nitrogens with one attached hydrogen (secondary N) is 2. The molecule has 0 bridgehead atoms. The van der Waals surface area contributed by atoms with E-state index in [1.807, 2.05) is 62.2 Å². The van der Waals surface area contributed by atoms with E-state index in [1.54, 1.807) is 51.4 Å². The lowest BCUT2D eigenvalue weighted by molar-refractivity contribution is 0.0988. The monoisotopic (exact) mass is 560 g/mol. The van der Waals surface area contributed by atoms with Crippen LogP contribution in [0.5, 0.6) is 5.75 Å². The molecule has 0 spiro atoms. The first kappa shape index (κ1) is 29.6. The predicted molar refractivity (Wildman–Crippen MR) is 159 cm³/mol. The summed E-state index contributed by atoms with van der Waals surface area (Å²) in [6.45, 7) is 7.11. The lowest BCUT2D eigenvalue weighted by Crippen LogP contribution is -2.32. The summed E-state index contributed by atoms with van der Waals surface area (Å²) in [6, 6.07) is 11.2.